The second kappa shape index (κ2) is 5.70. The van der Waals surface area contributed by atoms with Crippen LogP contribution in [0.2, 0.25) is 0 Å². The van der Waals surface area contributed by atoms with Gasteiger partial charge in [0.1, 0.15) is 6.10 Å². The van der Waals surface area contributed by atoms with E-state index in [1.807, 2.05) is 30.3 Å². The largest absolute Gasteiger partial charge is 0.457 e. The first kappa shape index (κ1) is 13.2. The number of esters is 1. The minimum Gasteiger partial charge on any atom is -0.457 e. The number of carbonyl (C=O) groups excluding carboxylic acids is 2. The average Bonchev–Trinajstić information content (AvgIpc) is 2.91. The van der Waals surface area contributed by atoms with Crippen molar-refractivity contribution in [1.82, 2.24) is 9.97 Å². The number of rotatable bonds is 3. The molecule has 0 bridgehead atoms. The highest BCUT2D eigenvalue weighted by Gasteiger charge is 2.40. The first-order valence-corrected chi connectivity index (χ1v) is 6.56. The van der Waals surface area contributed by atoms with E-state index in [1.54, 1.807) is 6.07 Å². The van der Waals surface area contributed by atoms with Gasteiger partial charge in [0.2, 0.25) is 11.9 Å². The van der Waals surface area contributed by atoms with E-state index in [0.717, 1.165) is 5.56 Å². The predicted molar refractivity (Wildman–Crippen MR) is 74.0 cm³/mol. The monoisotopic (exact) mass is 283 g/mol. The van der Waals surface area contributed by atoms with Crippen molar-refractivity contribution in [2.24, 2.45) is 5.92 Å². The molecule has 0 radical (unpaired) electrons. The Hall–Kier alpha value is -2.76. The Morgan fingerprint density at radius 3 is 2.57 bits per heavy atom. The zero-order chi connectivity index (χ0) is 14.7. The van der Waals surface area contributed by atoms with Crippen LogP contribution in [0.25, 0.3) is 0 Å². The molecule has 1 aromatic carbocycles. The number of benzene rings is 1. The van der Waals surface area contributed by atoms with Crippen LogP contribution in [-0.4, -0.2) is 21.8 Å². The highest BCUT2D eigenvalue weighted by Crippen LogP contribution is 2.35. The first-order chi connectivity index (χ1) is 10.2. The van der Waals surface area contributed by atoms with E-state index in [1.165, 1.54) is 12.4 Å². The Bertz CT molecular complexity index is 646. The second-order valence-electron chi connectivity index (χ2n) is 4.69. The summed E-state index contributed by atoms with van der Waals surface area (Å²) in [5.41, 5.74) is 0.803. The molecule has 1 aliphatic heterocycles. The number of carbonyl (C=O) groups is 2. The highest BCUT2D eigenvalue weighted by atomic mass is 16.6. The molecule has 6 heteroatoms. The summed E-state index contributed by atoms with van der Waals surface area (Å²) in [6, 6.07) is 10.9. The molecule has 6 nitrogen and oxygen atoms in total. The van der Waals surface area contributed by atoms with Crippen molar-refractivity contribution >= 4 is 17.8 Å². The van der Waals surface area contributed by atoms with Gasteiger partial charge < -0.3 is 4.74 Å². The third-order valence-electron chi connectivity index (χ3n) is 3.28. The fourth-order valence-corrected chi connectivity index (χ4v) is 2.30. The van der Waals surface area contributed by atoms with Gasteiger partial charge in [0.15, 0.2) is 0 Å². The Morgan fingerprint density at radius 1 is 1.14 bits per heavy atom. The highest BCUT2D eigenvalue weighted by molar-refractivity contribution is 5.95. The third kappa shape index (κ3) is 2.89. The maximum atomic E-state index is 12.3. The van der Waals surface area contributed by atoms with Crippen LogP contribution in [0.15, 0.2) is 48.8 Å². The number of ether oxygens (including phenoxy) is 1. The average molecular weight is 283 g/mol. The van der Waals surface area contributed by atoms with Crippen LogP contribution in [0.4, 0.5) is 5.95 Å². The Labute approximate surface area is 121 Å². The lowest BCUT2D eigenvalue weighted by molar-refractivity contribution is -0.141. The van der Waals surface area contributed by atoms with Crippen LogP contribution < -0.4 is 5.32 Å². The van der Waals surface area contributed by atoms with Crippen molar-refractivity contribution in [2.45, 2.75) is 12.5 Å². The van der Waals surface area contributed by atoms with E-state index in [2.05, 4.69) is 15.3 Å². The fourth-order valence-electron chi connectivity index (χ4n) is 2.30. The minimum absolute atomic E-state index is 0.0538. The van der Waals surface area contributed by atoms with Gasteiger partial charge in [-0.2, -0.15) is 0 Å². The lowest BCUT2D eigenvalue weighted by Gasteiger charge is -2.16. The zero-order valence-electron chi connectivity index (χ0n) is 11.1. The van der Waals surface area contributed by atoms with Crippen molar-refractivity contribution in [1.29, 1.82) is 0 Å². The number of nitrogens with one attached hydrogen (secondary N) is 1. The number of cyclic esters (lactones) is 1. The van der Waals surface area contributed by atoms with Gasteiger partial charge in [-0.05, 0) is 11.6 Å². The van der Waals surface area contributed by atoms with Crippen molar-refractivity contribution < 1.29 is 14.3 Å². The van der Waals surface area contributed by atoms with Crippen molar-refractivity contribution in [3.8, 4) is 0 Å². The van der Waals surface area contributed by atoms with Crippen molar-refractivity contribution in [3.05, 3.63) is 54.4 Å². The summed E-state index contributed by atoms with van der Waals surface area (Å²) in [7, 11) is 0. The van der Waals surface area contributed by atoms with Crippen LogP contribution in [-0.2, 0) is 14.3 Å². The number of anilines is 1. The van der Waals surface area contributed by atoms with Crippen LogP contribution in [0.3, 0.4) is 0 Å². The normalized spacial score (nSPS) is 20.9. The number of amides is 1. The first-order valence-electron chi connectivity index (χ1n) is 6.56. The maximum Gasteiger partial charge on any atom is 0.307 e. The number of aromatic nitrogens is 2. The van der Waals surface area contributed by atoms with Gasteiger partial charge in [-0.3, -0.25) is 14.9 Å². The zero-order valence-corrected chi connectivity index (χ0v) is 11.1. The van der Waals surface area contributed by atoms with E-state index in [-0.39, 0.29) is 24.2 Å². The summed E-state index contributed by atoms with van der Waals surface area (Å²) in [5, 5.41) is 2.61. The molecule has 21 heavy (non-hydrogen) atoms. The molecule has 0 aliphatic carbocycles. The molecule has 1 fully saturated rings. The van der Waals surface area contributed by atoms with Crippen LogP contribution in [0.5, 0.6) is 0 Å². The Kier molecular flexibility index (Phi) is 3.59. The lowest BCUT2D eigenvalue weighted by Crippen LogP contribution is -2.26. The molecule has 2 atom stereocenters. The molecular weight excluding hydrogens is 270 g/mol. The second-order valence-corrected chi connectivity index (χ2v) is 4.69. The van der Waals surface area contributed by atoms with E-state index in [4.69, 9.17) is 4.74 Å². The quantitative estimate of drug-likeness (QED) is 0.867. The lowest BCUT2D eigenvalue weighted by atomic mass is 9.94. The number of nitrogens with zero attached hydrogens (tertiary/aromatic N) is 2. The molecule has 1 aromatic heterocycles. The van der Waals surface area contributed by atoms with Gasteiger partial charge >= 0.3 is 5.97 Å². The molecule has 1 saturated heterocycles. The molecule has 1 amide bonds. The van der Waals surface area contributed by atoms with Gasteiger partial charge in [-0.1, -0.05) is 30.3 Å². The fraction of sp³-hybridized carbons (Fsp3) is 0.200. The topological polar surface area (TPSA) is 81.2 Å². The molecule has 2 heterocycles. The predicted octanol–water partition coefficient (Wildman–Crippen LogP) is 1.72. The van der Waals surface area contributed by atoms with E-state index >= 15 is 0 Å². The molecule has 0 unspecified atom stereocenters. The van der Waals surface area contributed by atoms with Gasteiger partial charge in [0.05, 0.1) is 12.3 Å². The molecule has 0 saturated carbocycles. The van der Waals surface area contributed by atoms with Crippen LogP contribution in [0, 0.1) is 5.92 Å². The number of hydrogen-bond donors (Lipinski definition) is 1. The SMILES string of the molecule is O=C1C[C@@H](C(=O)Nc2ncccn2)[C@H](c2ccccc2)O1. The number of hydrogen-bond acceptors (Lipinski definition) is 5. The van der Waals surface area contributed by atoms with E-state index < -0.39 is 12.0 Å². The molecule has 0 spiro atoms. The maximum absolute atomic E-state index is 12.3. The van der Waals surface area contributed by atoms with Crippen LogP contribution >= 0.6 is 0 Å². The smallest absolute Gasteiger partial charge is 0.307 e. The van der Waals surface area contributed by atoms with Gasteiger partial charge in [-0.25, -0.2) is 9.97 Å². The van der Waals surface area contributed by atoms with Gasteiger partial charge in [0, 0.05) is 12.4 Å². The molecular formula is C15H13N3O3. The van der Waals surface area contributed by atoms with Crippen molar-refractivity contribution in [2.75, 3.05) is 5.32 Å². The van der Waals surface area contributed by atoms with Crippen LogP contribution in [0.1, 0.15) is 18.1 Å². The van der Waals surface area contributed by atoms with Gasteiger partial charge in [0.25, 0.3) is 0 Å². The molecule has 106 valence electrons. The van der Waals surface area contributed by atoms with E-state index in [9.17, 15) is 9.59 Å². The summed E-state index contributed by atoms with van der Waals surface area (Å²) in [4.78, 5) is 31.8. The minimum atomic E-state index is -0.580. The van der Waals surface area contributed by atoms with Gasteiger partial charge in [-0.15, -0.1) is 0 Å². The van der Waals surface area contributed by atoms with Crippen molar-refractivity contribution in [3.63, 3.8) is 0 Å². The van der Waals surface area contributed by atoms with E-state index in [0.29, 0.717) is 0 Å². The molecule has 1 N–H and O–H groups in total. The Balaban J connectivity index is 1.79. The summed E-state index contributed by atoms with van der Waals surface area (Å²) in [6.07, 6.45) is 2.56. The summed E-state index contributed by atoms with van der Waals surface area (Å²) < 4.78 is 5.28. The molecule has 3 rings (SSSR count). The summed E-state index contributed by atoms with van der Waals surface area (Å²) in [5.74, 6) is -1.06. The molecule has 1 aliphatic rings. The Morgan fingerprint density at radius 2 is 1.86 bits per heavy atom. The summed E-state index contributed by atoms with van der Waals surface area (Å²) in [6.45, 7) is 0. The summed E-state index contributed by atoms with van der Waals surface area (Å²) >= 11 is 0. The molecule has 2 aromatic rings. The third-order valence-corrected chi connectivity index (χ3v) is 3.28. The standard InChI is InChI=1S/C15H13N3O3/c19-12-9-11(13(21-12)10-5-2-1-3-6-10)14(20)18-15-16-7-4-8-17-15/h1-8,11,13H,9H2,(H,16,17,18,20)/t11-,13+/m1/s1.